The van der Waals surface area contributed by atoms with Crippen molar-refractivity contribution in [3.63, 3.8) is 0 Å². The van der Waals surface area contributed by atoms with Crippen LogP contribution in [0.15, 0.2) is 53.5 Å². The van der Waals surface area contributed by atoms with Crippen LogP contribution in [0.25, 0.3) is 22.6 Å². The number of carbonyl (C=O) groups is 1. The minimum absolute atomic E-state index is 0.214. The van der Waals surface area contributed by atoms with Gasteiger partial charge in [0.15, 0.2) is 11.4 Å². The van der Waals surface area contributed by atoms with Crippen LogP contribution in [0.5, 0.6) is 5.75 Å². The van der Waals surface area contributed by atoms with Gasteiger partial charge in [0.2, 0.25) is 0 Å². The standard InChI is InChI=1S/C26H28N4O4/c1-5-33-23(31)13-9-15-34-22-12-8-14-29-25(22)27-19(4)24(26(29)32)20-16-18(3)30(28-20)21-11-7-6-10-17(21)2/h6-8,10-12,14,16H,5,9,13,15H2,1-4H3. The number of para-hydroxylation sites is 1. The molecule has 0 saturated heterocycles. The Morgan fingerprint density at radius 1 is 1.09 bits per heavy atom. The van der Waals surface area contributed by atoms with E-state index in [1.807, 2.05) is 48.9 Å². The Hall–Kier alpha value is -3.94. The van der Waals surface area contributed by atoms with Crippen LogP contribution in [0.4, 0.5) is 0 Å². The first-order chi connectivity index (χ1) is 16.4. The van der Waals surface area contributed by atoms with Gasteiger partial charge < -0.3 is 9.47 Å². The summed E-state index contributed by atoms with van der Waals surface area (Å²) < 4.78 is 14.1. The van der Waals surface area contributed by atoms with E-state index in [1.54, 1.807) is 32.2 Å². The second-order valence-corrected chi connectivity index (χ2v) is 8.07. The SMILES string of the molecule is CCOC(=O)CCCOc1cccn2c(=O)c(-c3cc(C)n(-c4ccccc4C)n3)c(C)nc12. The third-order valence-corrected chi connectivity index (χ3v) is 5.57. The maximum atomic E-state index is 13.5. The molecule has 0 amide bonds. The molecule has 4 aromatic rings. The molecule has 3 aromatic heterocycles. The molecule has 0 spiro atoms. The van der Waals surface area contributed by atoms with Crippen molar-refractivity contribution >= 4 is 11.6 Å². The third-order valence-electron chi connectivity index (χ3n) is 5.57. The van der Waals surface area contributed by atoms with E-state index in [2.05, 4.69) is 4.98 Å². The predicted molar refractivity (Wildman–Crippen MR) is 130 cm³/mol. The van der Waals surface area contributed by atoms with Crippen LogP contribution in [-0.2, 0) is 9.53 Å². The monoisotopic (exact) mass is 460 g/mol. The average Bonchev–Trinajstić information content (AvgIpc) is 3.18. The Bertz CT molecular complexity index is 1400. The van der Waals surface area contributed by atoms with Crippen LogP contribution in [0.2, 0.25) is 0 Å². The number of fused-ring (bicyclic) bond motifs is 1. The molecule has 8 heteroatoms. The summed E-state index contributed by atoms with van der Waals surface area (Å²) in [5.41, 5.74) is 4.80. The van der Waals surface area contributed by atoms with Crippen LogP contribution >= 0.6 is 0 Å². The highest BCUT2D eigenvalue weighted by Gasteiger charge is 2.18. The first-order valence-electron chi connectivity index (χ1n) is 11.3. The van der Waals surface area contributed by atoms with Crippen molar-refractivity contribution in [2.75, 3.05) is 13.2 Å². The zero-order valence-electron chi connectivity index (χ0n) is 19.9. The Labute approximate surface area is 197 Å². The highest BCUT2D eigenvalue weighted by molar-refractivity contribution is 5.69. The molecule has 1 aromatic carbocycles. The molecule has 34 heavy (non-hydrogen) atoms. The van der Waals surface area contributed by atoms with Crippen LogP contribution in [0.1, 0.15) is 36.7 Å². The van der Waals surface area contributed by atoms with Gasteiger partial charge in [0.1, 0.15) is 5.69 Å². The number of carbonyl (C=O) groups excluding carboxylic acids is 1. The molecule has 0 saturated carbocycles. The number of benzene rings is 1. The molecule has 0 aliphatic heterocycles. The van der Waals surface area contributed by atoms with Gasteiger partial charge in [0.05, 0.1) is 30.2 Å². The second kappa shape index (κ2) is 9.91. The minimum Gasteiger partial charge on any atom is -0.490 e. The van der Waals surface area contributed by atoms with Crippen molar-refractivity contribution in [1.29, 1.82) is 0 Å². The third kappa shape index (κ3) is 4.57. The molecule has 0 aliphatic carbocycles. The van der Waals surface area contributed by atoms with Crippen LogP contribution in [0.3, 0.4) is 0 Å². The number of aromatic nitrogens is 4. The lowest BCUT2D eigenvalue weighted by Gasteiger charge is -2.11. The fraction of sp³-hybridized carbons (Fsp3) is 0.308. The number of hydrogen-bond acceptors (Lipinski definition) is 6. The van der Waals surface area contributed by atoms with Gasteiger partial charge in [-0.05, 0) is 63.9 Å². The summed E-state index contributed by atoms with van der Waals surface area (Å²) in [5, 5.41) is 4.74. The molecule has 0 atom stereocenters. The van der Waals surface area contributed by atoms with Gasteiger partial charge >= 0.3 is 5.97 Å². The van der Waals surface area contributed by atoms with Gasteiger partial charge in [-0.2, -0.15) is 5.10 Å². The van der Waals surface area contributed by atoms with E-state index >= 15 is 0 Å². The summed E-state index contributed by atoms with van der Waals surface area (Å²) in [4.78, 5) is 29.7. The molecule has 4 rings (SSSR count). The zero-order valence-corrected chi connectivity index (χ0v) is 19.9. The van der Waals surface area contributed by atoms with Crippen LogP contribution in [0, 0.1) is 20.8 Å². The fourth-order valence-electron chi connectivity index (χ4n) is 3.92. The van der Waals surface area contributed by atoms with Crippen molar-refractivity contribution in [3.8, 4) is 22.7 Å². The second-order valence-electron chi connectivity index (χ2n) is 8.07. The van der Waals surface area contributed by atoms with Crippen molar-refractivity contribution in [2.45, 2.75) is 40.5 Å². The Kier molecular flexibility index (Phi) is 6.77. The average molecular weight is 461 g/mol. The van der Waals surface area contributed by atoms with E-state index < -0.39 is 0 Å². The summed E-state index contributed by atoms with van der Waals surface area (Å²) in [5.74, 6) is 0.235. The van der Waals surface area contributed by atoms with E-state index in [1.165, 1.54) is 4.40 Å². The van der Waals surface area contributed by atoms with E-state index in [0.717, 1.165) is 16.9 Å². The van der Waals surface area contributed by atoms with Gasteiger partial charge in [-0.15, -0.1) is 0 Å². The maximum absolute atomic E-state index is 13.5. The lowest BCUT2D eigenvalue weighted by atomic mass is 10.1. The van der Waals surface area contributed by atoms with E-state index in [0.29, 0.717) is 48.0 Å². The smallest absolute Gasteiger partial charge is 0.305 e. The highest BCUT2D eigenvalue weighted by atomic mass is 16.5. The molecule has 8 nitrogen and oxygen atoms in total. The van der Waals surface area contributed by atoms with E-state index in [-0.39, 0.29) is 17.9 Å². The number of hydrogen-bond donors (Lipinski definition) is 0. The number of ether oxygens (including phenoxy) is 2. The summed E-state index contributed by atoms with van der Waals surface area (Å²) >= 11 is 0. The van der Waals surface area contributed by atoms with Crippen molar-refractivity contribution in [2.24, 2.45) is 0 Å². The molecular weight excluding hydrogens is 432 g/mol. The van der Waals surface area contributed by atoms with Gasteiger partial charge in [-0.3, -0.25) is 14.0 Å². The number of aryl methyl sites for hydroxylation is 3. The molecule has 0 aliphatic rings. The van der Waals surface area contributed by atoms with Crippen molar-refractivity contribution in [1.82, 2.24) is 19.2 Å². The lowest BCUT2D eigenvalue weighted by Crippen LogP contribution is -2.20. The highest BCUT2D eigenvalue weighted by Crippen LogP contribution is 2.25. The Balaban J connectivity index is 1.66. The number of rotatable bonds is 8. The van der Waals surface area contributed by atoms with Crippen LogP contribution in [-0.4, -0.2) is 38.3 Å². The van der Waals surface area contributed by atoms with Crippen molar-refractivity contribution in [3.05, 3.63) is 76.0 Å². The molecule has 0 unspecified atom stereocenters. The Morgan fingerprint density at radius 3 is 2.65 bits per heavy atom. The van der Waals surface area contributed by atoms with E-state index in [9.17, 15) is 9.59 Å². The topological polar surface area (TPSA) is 87.7 Å². The van der Waals surface area contributed by atoms with Crippen LogP contribution < -0.4 is 10.3 Å². The fourth-order valence-corrected chi connectivity index (χ4v) is 3.92. The normalized spacial score (nSPS) is 11.1. The molecule has 3 heterocycles. The molecule has 0 radical (unpaired) electrons. The van der Waals surface area contributed by atoms with Gasteiger partial charge in [0, 0.05) is 18.3 Å². The number of nitrogens with zero attached hydrogens (tertiary/aromatic N) is 4. The number of pyridine rings is 1. The molecule has 0 fully saturated rings. The van der Waals surface area contributed by atoms with E-state index in [4.69, 9.17) is 14.6 Å². The molecular formula is C26H28N4O4. The first kappa shape index (κ1) is 23.2. The summed E-state index contributed by atoms with van der Waals surface area (Å²) in [6.45, 7) is 8.25. The minimum atomic E-state index is -0.251. The van der Waals surface area contributed by atoms with Gasteiger partial charge in [-0.1, -0.05) is 18.2 Å². The quantitative estimate of drug-likeness (QED) is 0.289. The summed E-state index contributed by atoms with van der Waals surface area (Å²) in [7, 11) is 0. The maximum Gasteiger partial charge on any atom is 0.305 e. The number of esters is 1. The molecule has 0 bridgehead atoms. The molecule has 0 N–H and O–H groups in total. The first-order valence-corrected chi connectivity index (χ1v) is 11.3. The molecule has 176 valence electrons. The van der Waals surface area contributed by atoms with Gasteiger partial charge in [-0.25, -0.2) is 9.67 Å². The lowest BCUT2D eigenvalue weighted by molar-refractivity contribution is -0.143. The summed E-state index contributed by atoms with van der Waals surface area (Å²) in [6.07, 6.45) is 2.46. The Morgan fingerprint density at radius 2 is 1.88 bits per heavy atom. The van der Waals surface area contributed by atoms with Crippen molar-refractivity contribution < 1.29 is 14.3 Å². The predicted octanol–water partition coefficient (Wildman–Crippen LogP) is 4.19. The zero-order chi connectivity index (χ0) is 24.2. The van der Waals surface area contributed by atoms with Gasteiger partial charge in [0.25, 0.3) is 5.56 Å². The largest absolute Gasteiger partial charge is 0.490 e. The summed E-state index contributed by atoms with van der Waals surface area (Å²) in [6, 6.07) is 13.4.